The summed E-state index contributed by atoms with van der Waals surface area (Å²) in [6, 6.07) is 9.46. The molecule has 108 valence electrons. The number of thiazole rings is 1. The van der Waals surface area contributed by atoms with Crippen LogP contribution in [0.25, 0.3) is 6.08 Å². The Hall–Kier alpha value is -2.47. The van der Waals surface area contributed by atoms with E-state index in [2.05, 4.69) is 10.3 Å². The molecule has 0 fully saturated rings. The van der Waals surface area contributed by atoms with Crippen LogP contribution in [-0.2, 0) is 16.6 Å². The van der Waals surface area contributed by atoms with Gasteiger partial charge in [-0.2, -0.15) is 4.99 Å². The van der Waals surface area contributed by atoms with Gasteiger partial charge in [0.25, 0.3) is 5.91 Å². The Kier molecular flexibility index (Phi) is 5.22. The minimum Gasteiger partial charge on any atom is -0.343 e. The zero-order valence-corrected chi connectivity index (χ0v) is 12.3. The van der Waals surface area contributed by atoms with Gasteiger partial charge in [-0.3, -0.25) is 9.59 Å². The topological polar surface area (TPSA) is 63.5 Å². The van der Waals surface area contributed by atoms with E-state index in [1.165, 1.54) is 17.4 Å². The predicted molar refractivity (Wildman–Crippen MR) is 82.3 cm³/mol. The van der Waals surface area contributed by atoms with Crippen molar-refractivity contribution in [1.82, 2.24) is 9.88 Å². The van der Waals surface area contributed by atoms with Crippen LogP contribution in [0, 0.1) is 0 Å². The van der Waals surface area contributed by atoms with Crippen molar-refractivity contribution < 1.29 is 9.59 Å². The summed E-state index contributed by atoms with van der Waals surface area (Å²) in [5.41, 5.74) is 0.925. The number of nitrogens with zero attached hydrogens (tertiary/aromatic N) is 2. The maximum absolute atomic E-state index is 11.6. The number of nitrogens with one attached hydrogen (secondary N) is 1. The minimum atomic E-state index is -0.380. The molecule has 0 atom stereocenters. The number of hydrogen-bond acceptors (Lipinski definition) is 3. The molecule has 2 aromatic rings. The Bertz CT molecular complexity index is 714. The number of carbonyl (C=O) groups excluding carboxylic acids is 2. The van der Waals surface area contributed by atoms with Gasteiger partial charge < -0.3 is 9.88 Å². The highest BCUT2D eigenvalue weighted by molar-refractivity contribution is 7.07. The fourth-order valence-corrected chi connectivity index (χ4v) is 2.29. The lowest BCUT2D eigenvalue weighted by atomic mass is 10.2. The summed E-state index contributed by atoms with van der Waals surface area (Å²) >= 11 is 1.37. The largest absolute Gasteiger partial charge is 0.343 e. The molecule has 1 heterocycles. The Morgan fingerprint density at radius 1 is 1.33 bits per heavy atom. The van der Waals surface area contributed by atoms with Gasteiger partial charge in [0.15, 0.2) is 4.80 Å². The molecule has 0 unspecified atom stereocenters. The SMILES string of the molecule is Cn1ccsc1=NC(=O)CNC(=O)/C=C/c1ccccc1. The van der Waals surface area contributed by atoms with Crippen molar-refractivity contribution in [3.05, 3.63) is 58.3 Å². The van der Waals surface area contributed by atoms with Crippen molar-refractivity contribution in [1.29, 1.82) is 0 Å². The number of rotatable bonds is 4. The Morgan fingerprint density at radius 3 is 2.76 bits per heavy atom. The van der Waals surface area contributed by atoms with Gasteiger partial charge >= 0.3 is 0 Å². The van der Waals surface area contributed by atoms with E-state index in [4.69, 9.17) is 0 Å². The maximum Gasteiger partial charge on any atom is 0.267 e. The molecule has 0 radical (unpaired) electrons. The van der Waals surface area contributed by atoms with Gasteiger partial charge in [0.2, 0.25) is 5.91 Å². The molecule has 1 aromatic heterocycles. The molecule has 0 saturated heterocycles. The average Bonchev–Trinajstić information content (AvgIpc) is 2.89. The van der Waals surface area contributed by atoms with E-state index in [1.807, 2.05) is 49.0 Å². The van der Waals surface area contributed by atoms with Crippen LogP contribution < -0.4 is 10.1 Å². The summed E-state index contributed by atoms with van der Waals surface area (Å²) in [6.45, 7) is -0.115. The van der Waals surface area contributed by atoms with Gasteiger partial charge in [0.1, 0.15) is 0 Å². The summed E-state index contributed by atoms with van der Waals surface area (Å²) in [6.07, 6.45) is 4.90. The fourth-order valence-electron chi connectivity index (χ4n) is 1.54. The van der Waals surface area contributed by atoms with Crippen molar-refractivity contribution in [3.63, 3.8) is 0 Å². The van der Waals surface area contributed by atoms with E-state index in [-0.39, 0.29) is 18.4 Å². The second-order valence-corrected chi connectivity index (χ2v) is 5.14. The van der Waals surface area contributed by atoms with Crippen LogP contribution >= 0.6 is 11.3 Å². The van der Waals surface area contributed by atoms with Crippen molar-refractivity contribution >= 4 is 29.2 Å². The molecule has 0 spiro atoms. The molecular weight excluding hydrogens is 286 g/mol. The Balaban J connectivity index is 1.86. The third kappa shape index (κ3) is 4.85. The predicted octanol–water partition coefficient (Wildman–Crippen LogP) is 1.34. The van der Waals surface area contributed by atoms with E-state index in [0.29, 0.717) is 4.80 Å². The molecule has 1 N–H and O–H groups in total. The van der Waals surface area contributed by atoms with Gasteiger partial charge in [-0.05, 0) is 11.6 Å². The summed E-state index contributed by atoms with van der Waals surface area (Å²) in [7, 11) is 1.81. The fraction of sp³-hybridized carbons (Fsp3) is 0.133. The zero-order valence-electron chi connectivity index (χ0n) is 11.5. The third-order valence-electron chi connectivity index (χ3n) is 2.62. The highest BCUT2D eigenvalue weighted by atomic mass is 32.1. The van der Waals surface area contributed by atoms with Crippen LogP contribution in [0.5, 0.6) is 0 Å². The highest BCUT2D eigenvalue weighted by Gasteiger charge is 2.02. The van der Waals surface area contributed by atoms with Gasteiger partial charge in [-0.15, -0.1) is 11.3 Å². The van der Waals surface area contributed by atoms with E-state index >= 15 is 0 Å². The second kappa shape index (κ2) is 7.35. The molecule has 0 aliphatic heterocycles. The molecule has 0 aliphatic rings. The van der Waals surface area contributed by atoms with Crippen molar-refractivity contribution in [2.24, 2.45) is 12.0 Å². The number of hydrogen-bond donors (Lipinski definition) is 1. The summed E-state index contributed by atoms with van der Waals surface area (Å²) in [5, 5.41) is 4.35. The Labute approximate surface area is 126 Å². The number of aryl methyl sites for hydroxylation is 1. The van der Waals surface area contributed by atoms with E-state index in [0.717, 1.165) is 5.56 Å². The number of carbonyl (C=O) groups is 2. The van der Waals surface area contributed by atoms with E-state index < -0.39 is 0 Å². The molecule has 0 saturated carbocycles. The average molecular weight is 301 g/mol. The molecule has 6 heteroatoms. The third-order valence-corrected chi connectivity index (χ3v) is 3.47. The van der Waals surface area contributed by atoms with Crippen molar-refractivity contribution in [2.45, 2.75) is 0 Å². The smallest absolute Gasteiger partial charge is 0.267 e. The molecule has 0 aliphatic carbocycles. The van der Waals surface area contributed by atoms with E-state index in [1.54, 1.807) is 10.6 Å². The van der Waals surface area contributed by atoms with Crippen LogP contribution in [-0.4, -0.2) is 22.9 Å². The summed E-state index contributed by atoms with van der Waals surface area (Å²) in [5.74, 6) is -0.701. The lowest BCUT2D eigenvalue weighted by molar-refractivity contribution is -0.122. The first-order valence-electron chi connectivity index (χ1n) is 6.34. The standard InChI is InChI=1S/C15H15N3O2S/c1-18-9-10-21-15(18)17-14(20)11-16-13(19)8-7-12-5-3-2-4-6-12/h2-10H,11H2,1H3,(H,16,19)/b8-7+,17-15?. The zero-order chi connectivity index (χ0) is 15.1. The van der Waals surface area contributed by atoms with Crippen LogP contribution in [0.3, 0.4) is 0 Å². The Morgan fingerprint density at radius 2 is 2.10 bits per heavy atom. The van der Waals surface area contributed by atoms with Gasteiger partial charge in [0.05, 0.1) is 6.54 Å². The normalized spacial score (nSPS) is 11.8. The molecule has 2 amide bonds. The van der Waals surface area contributed by atoms with Crippen LogP contribution in [0.2, 0.25) is 0 Å². The van der Waals surface area contributed by atoms with Gasteiger partial charge in [-0.1, -0.05) is 30.3 Å². The first-order chi connectivity index (χ1) is 10.1. The quantitative estimate of drug-likeness (QED) is 0.866. The van der Waals surface area contributed by atoms with Crippen molar-refractivity contribution in [2.75, 3.05) is 6.54 Å². The highest BCUT2D eigenvalue weighted by Crippen LogP contribution is 2.00. The summed E-state index contributed by atoms with van der Waals surface area (Å²) in [4.78, 5) is 27.7. The van der Waals surface area contributed by atoms with Gasteiger partial charge in [0, 0.05) is 24.7 Å². The van der Waals surface area contributed by atoms with Gasteiger partial charge in [-0.25, -0.2) is 0 Å². The molecule has 21 heavy (non-hydrogen) atoms. The van der Waals surface area contributed by atoms with Crippen LogP contribution in [0.4, 0.5) is 0 Å². The van der Waals surface area contributed by atoms with Crippen molar-refractivity contribution in [3.8, 4) is 0 Å². The second-order valence-electron chi connectivity index (χ2n) is 4.26. The first kappa shape index (κ1) is 14.9. The lowest BCUT2D eigenvalue weighted by Crippen LogP contribution is -2.28. The number of aromatic nitrogens is 1. The van der Waals surface area contributed by atoms with Crippen LogP contribution in [0.1, 0.15) is 5.56 Å². The molecular formula is C15H15N3O2S. The lowest BCUT2D eigenvalue weighted by Gasteiger charge is -1.97. The number of benzene rings is 1. The minimum absolute atomic E-state index is 0.115. The van der Waals surface area contributed by atoms with E-state index in [9.17, 15) is 9.59 Å². The molecule has 1 aromatic carbocycles. The van der Waals surface area contributed by atoms with Crippen LogP contribution in [0.15, 0.2) is 53.0 Å². The first-order valence-corrected chi connectivity index (χ1v) is 7.22. The monoisotopic (exact) mass is 301 g/mol. The molecule has 2 rings (SSSR count). The molecule has 5 nitrogen and oxygen atoms in total. The molecule has 0 bridgehead atoms. The number of amides is 2. The summed E-state index contributed by atoms with van der Waals surface area (Å²) < 4.78 is 1.75. The maximum atomic E-state index is 11.6.